The molecule has 0 saturated carbocycles. The van der Waals surface area contributed by atoms with E-state index in [1.807, 2.05) is 68.2 Å². The van der Waals surface area contributed by atoms with Crippen LogP contribution in [0, 0.1) is 12.8 Å². The van der Waals surface area contributed by atoms with Crippen LogP contribution in [0.5, 0.6) is 0 Å². The van der Waals surface area contributed by atoms with Crippen LogP contribution in [0.3, 0.4) is 0 Å². The van der Waals surface area contributed by atoms with Gasteiger partial charge in [-0.05, 0) is 44.4 Å². The van der Waals surface area contributed by atoms with Gasteiger partial charge in [0, 0.05) is 18.3 Å². The number of benzene rings is 1. The predicted octanol–water partition coefficient (Wildman–Crippen LogP) is 3.60. The molecule has 1 aromatic carbocycles. The molecule has 0 spiro atoms. The number of aryl methyl sites for hydroxylation is 1. The number of nitrogens with one attached hydrogen (secondary N) is 1. The Hall–Kier alpha value is -2.89. The summed E-state index contributed by atoms with van der Waals surface area (Å²) in [7, 11) is 1.81. The molecular weight excluding hydrogens is 338 g/mol. The zero-order valence-corrected chi connectivity index (χ0v) is 16.6. The molecule has 0 bridgehead atoms. The molecular formula is C21H27N5O. The first kappa shape index (κ1) is 18.9. The quantitative estimate of drug-likeness (QED) is 0.726. The molecule has 0 radical (unpaired) electrons. The Morgan fingerprint density at radius 1 is 1.19 bits per heavy atom. The molecule has 0 fully saturated rings. The highest BCUT2D eigenvalue weighted by molar-refractivity contribution is 5.92. The van der Waals surface area contributed by atoms with Crippen molar-refractivity contribution in [2.45, 2.75) is 40.2 Å². The Bertz CT molecular complexity index is 923. The number of para-hydroxylation sites is 1. The van der Waals surface area contributed by atoms with Crippen molar-refractivity contribution in [3.8, 4) is 5.69 Å². The van der Waals surface area contributed by atoms with E-state index < -0.39 is 0 Å². The third-order valence-electron chi connectivity index (χ3n) is 4.64. The average Bonchev–Trinajstić information content (AvgIpc) is 3.17. The van der Waals surface area contributed by atoms with Gasteiger partial charge in [-0.1, -0.05) is 32.0 Å². The Balaban J connectivity index is 1.76. The normalized spacial score (nSPS) is 12.4. The lowest BCUT2D eigenvalue weighted by atomic mass is 10.1. The lowest BCUT2D eigenvalue weighted by molar-refractivity contribution is 0.0930. The SMILES string of the molecule is Cc1c(C(C)NC(=O)c2cc(CC(C)C)nn2C)cnn1-c1ccccc1. The third-order valence-corrected chi connectivity index (χ3v) is 4.64. The number of nitrogens with zero attached hydrogens (tertiary/aromatic N) is 4. The Morgan fingerprint density at radius 3 is 2.56 bits per heavy atom. The van der Waals surface area contributed by atoms with E-state index in [4.69, 9.17) is 0 Å². The highest BCUT2D eigenvalue weighted by atomic mass is 16.2. The molecule has 0 aliphatic rings. The lowest BCUT2D eigenvalue weighted by Gasteiger charge is -2.14. The topological polar surface area (TPSA) is 64.7 Å². The summed E-state index contributed by atoms with van der Waals surface area (Å²) in [5.41, 5.74) is 4.53. The minimum atomic E-state index is -0.154. The van der Waals surface area contributed by atoms with Crippen molar-refractivity contribution in [2.75, 3.05) is 0 Å². The molecule has 0 aliphatic heterocycles. The summed E-state index contributed by atoms with van der Waals surface area (Å²) in [4.78, 5) is 12.7. The highest BCUT2D eigenvalue weighted by Crippen LogP contribution is 2.20. The Morgan fingerprint density at radius 2 is 1.89 bits per heavy atom. The van der Waals surface area contributed by atoms with E-state index in [1.54, 1.807) is 4.68 Å². The maximum Gasteiger partial charge on any atom is 0.270 e. The molecule has 1 unspecified atom stereocenters. The van der Waals surface area contributed by atoms with Crippen LogP contribution in [0.25, 0.3) is 5.69 Å². The lowest BCUT2D eigenvalue weighted by Crippen LogP contribution is -2.28. The summed E-state index contributed by atoms with van der Waals surface area (Å²) >= 11 is 0. The largest absolute Gasteiger partial charge is 0.344 e. The Labute approximate surface area is 160 Å². The van der Waals surface area contributed by atoms with Crippen LogP contribution in [0.2, 0.25) is 0 Å². The minimum absolute atomic E-state index is 0.126. The molecule has 2 heterocycles. The summed E-state index contributed by atoms with van der Waals surface area (Å²) in [6, 6.07) is 11.7. The third kappa shape index (κ3) is 4.10. The molecule has 2 aromatic heterocycles. The molecule has 3 aromatic rings. The number of carbonyl (C=O) groups is 1. The van der Waals surface area contributed by atoms with Gasteiger partial charge in [0.2, 0.25) is 0 Å². The second-order valence-electron chi connectivity index (χ2n) is 7.37. The average molecular weight is 365 g/mol. The molecule has 1 atom stereocenters. The van der Waals surface area contributed by atoms with Gasteiger partial charge in [0.25, 0.3) is 5.91 Å². The van der Waals surface area contributed by atoms with E-state index in [-0.39, 0.29) is 11.9 Å². The molecule has 27 heavy (non-hydrogen) atoms. The van der Waals surface area contributed by atoms with Crippen molar-refractivity contribution >= 4 is 5.91 Å². The fraction of sp³-hybridized carbons (Fsp3) is 0.381. The number of hydrogen-bond acceptors (Lipinski definition) is 3. The van der Waals surface area contributed by atoms with Crippen molar-refractivity contribution < 1.29 is 4.79 Å². The smallest absolute Gasteiger partial charge is 0.270 e. The summed E-state index contributed by atoms with van der Waals surface area (Å²) in [6.45, 7) is 8.28. The van der Waals surface area contributed by atoms with E-state index in [2.05, 4.69) is 29.4 Å². The summed E-state index contributed by atoms with van der Waals surface area (Å²) in [5, 5.41) is 12.0. The standard InChI is InChI=1S/C21H27N5O/c1-14(2)11-17-12-20(25(5)24-17)21(27)23-15(3)19-13-22-26(16(19)4)18-9-7-6-8-10-18/h6-10,12-15H,11H2,1-5H3,(H,23,27). The van der Waals surface area contributed by atoms with Crippen molar-refractivity contribution in [3.05, 3.63) is 65.2 Å². The van der Waals surface area contributed by atoms with Gasteiger partial charge in [0.1, 0.15) is 5.69 Å². The van der Waals surface area contributed by atoms with Gasteiger partial charge in [0.05, 0.1) is 23.6 Å². The van der Waals surface area contributed by atoms with Crippen molar-refractivity contribution in [3.63, 3.8) is 0 Å². The molecule has 3 rings (SSSR count). The maximum atomic E-state index is 12.7. The van der Waals surface area contributed by atoms with Crippen LogP contribution in [-0.2, 0) is 13.5 Å². The summed E-state index contributed by atoms with van der Waals surface area (Å²) in [5.74, 6) is 0.376. The first-order valence-electron chi connectivity index (χ1n) is 9.30. The first-order valence-corrected chi connectivity index (χ1v) is 9.30. The maximum absolute atomic E-state index is 12.7. The number of carbonyl (C=O) groups excluding carboxylic acids is 1. The van der Waals surface area contributed by atoms with E-state index in [1.165, 1.54) is 0 Å². The zero-order chi connectivity index (χ0) is 19.6. The number of hydrogen-bond donors (Lipinski definition) is 1. The van der Waals surface area contributed by atoms with Crippen molar-refractivity contribution in [1.82, 2.24) is 24.9 Å². The van der Waals surface area contributed by atoms with Crippen LogP contribution < -0.4 is 5.32 Å². The van der Waals surface area contributed by atoms with Crippen molar-refractivity contribution in [1.29, 1.82) is 0 Å². The fourth-order valence-electron chi connectivity index (χ4n) is 3.28. The van der Waals surface area contributed by atoms with E-state index in [0.29, 0.717) is 11.6 Å². The molecule has 1 N–H and O–H groups in total. The van der Waals surface area contributed by atoms with Crippen LogP contribution in [0.15, 0.2) is 42.6 Å². The molecule has 0 saturated heterocycles. The zero-order valence-electron chi connectivity index (χ0n) is 16.6. The predicted molar refractivity (Wildman–Crippen MR) is 106 cm³/mol. The van der Waals surface area contributed by atoms with Crippen molar-refractivity contribution in [2.24, 2.45) is 13.0 Å². The van der Waals surface area contributed by atoms with Crippen LogP contribution in [0.1, 0.15) is 54.3 Å². The summed E-state index contributed by atoms with van der Waals surface area (Å²) in [6.07, 6.45) is 2.68. The number of rotatable bonds is 6. The van der Waals surface area contributed by atoms with Crippen LogP contribution in [0.4, 0.5) is 0 Å². The molecule has 6 heteroatoms. The van der Waals surface area contributed by atoms with E-state index in [9.17, 15) is 4.79 Å². The van der Waals surface area contributed by atoms with Crippen LogP contribution >= 0.6 is 0 Å². The van der Waals surface area contributed by atoms with E-state index in [0.717, 1.165) is 29.1 Å². The molecule has 6 nitrogen and oxygen atoms in total. The van der Waals surface area contributed by atoms with Gasteiger partial charge in [-0.15, -0.1) is 0 Å². The van der Waals surface area contributed by atoms with Gasteiger partial charge >= 0.3 is 0 Å². The van der Waals surface area contributed by atoms with Gasteiger partial charge in [-0.25, -0.2) is 4.68 Å². The summed E-state index contributed by atoms with van der Waals surface area (Å²) < 4.78 is 3.54. The monoisotopic (exact) mass is 365 g/mol. The van der Waals surface area contributed by atoms with Gasteiger partial charge in [-0.2, -0.15) is 10.2 Å². The first-order chi connectivity index (χ1) is 12.9. The van der Waals surface area contributed by atoms with E-state index >= 15 is 0 Å². The number of amides is 1. The number of aromatic nitrogens is 4. The van der Waals surface area contributed by atoms with Crippen LogP contribution in [-0.4, -0.2) is 25.5 Å². The van der Waals surface area contributed by atoms with Gasteiger partial charge in [0.15, 0.2) is 0 Å². The van der Waals surface area contributed by atoms with Gasteiger partial charge < -0.3 is 5.32 Å². The second-order valence-corrected chi connectivity index (χ2v) is 7.37. The second kappa shape index (κ2) is 7.78. The highest BCUT2D eigenvalue weighted by Gasteiger charge is 2.20. The Kier molecular flexibility index (Phi) is 5.44. The van der Waals surface area contributed by atoms with Gasteiger partial charge in [-0.3, -0.25) is 9.48 Å². The molecule has 142 valence electrons. The fourth-order valence-corrected chi connectivity index (χ4v) is 3.28. The molecule has 1 amide bonds. The molecule has 0 aliphatic carbocycles. The minimum Gasteiger partial charge on any atom is -0.344 e.